The molecule has 0 radical (unpaired) electrons. The lowest BCUT2D eigenvalue weighted by Gasteiger charge is -2.20. The van der Waals surface area contributed by atoms with E-state index in [0.29, 0.717) is 29.5 Å². The molecule has 0 aliphatic rings. The van der Waals surface area contributed by atoms with E-state index in [9.17, 15) is 4.79 Å². The lowest BCUT2D eigenvalue weighted by molar-refractivity contribution is 0.258. The first-order chi connectivity index (χ1) is 16.9. The largest absolute Gasteiger partial charge is 0.494 e. The molecule has 35 heavy (non-hydrogen) atoms. The van der Waals surface area contributed by atoms with E-state index in [1.807, 2.05) is 30.3 Å². The molecule has 0 aliphatic heterocycles. The van der Waals surface area contributed by atoms with Gasteiger partial charge in [-0.15, -0.1) is 6.58 Å². The van der Waals surface area contributed by atoms with Gasteiger partial charge in [0.25, 0.3) is 0 Å². The Morgan fingerprint density at radius 3 is 2.14 bits per heavy atom. The van der Waals surface area contributed by atoms with Gasteiger partial charge in [-0.1, -0.05) is 18.9 Å². The van der Waals surface area contributed by atoms with Crippen LogP contribution in [0.3, 0.4) is 0 Å². The Bertz CT molecular complexity index is 908. The highest BCUT2D eigenvalue weighted by atomic mass is 16.5. The topological polar surface area (TPSA) is 72.5 Å². The van der Waals surface area contributed by atoms with Crippen LogP contribution in [0.1, 0.15) is 25.7 Å². The summed E-state index contributed by atoms with van der Waals surface area (Å²) in [6, 6.07) is 10.5. The number of nitrogens with one attached hydrogen (secondary N) is 1. The lowest BCUT2D eigenvalue weighted by atomic mass is 10.2. The second kappa shape index (κ2) is 14.8. The van der Waals surface area contributed by atoms with Gasteiger partial charge in [0, 0.05) is 31.4 Å². The summed E-state index contributed by atoms with van der Waals surface area (Å²) in [5.74, 6) is 2.18. The third-order valence-corrected chi connectivity index (χ3v) is 5.59. The van der Waals surface area contributed by atoms with E-state index in [-0.39, 0.29) is 6.03 Å². The van der Waals surface area contributed by atoms with Crippen molar-refractivity contribution in [3.63, 3.8) is 0 Å². The van der Waals surface area contributed by atoms with Crippen molar-refractivity contribution in [2.24, 2.45) is 0 Å². The van der Waals surface area contributed by atoms with Crippen molar-refractivity contribution in [1.29, 1.82) is 0 Å². The number of likely N-dealkylation sites (N-methyl/N-ethyl adjacent to an activating group) is 1. The SMILES string of the molecule is C=CCN(C)CCCCCCOc1ccc(N(C)C(=O)Nc2cc(OC)c(OC)c(OC)c2)cc1. The Labute approximate surface area is 209 Å². The van der Waals surface area contributed by atoms with Crippen molar-refractivity contribution in [3.8, 4) is 23.0 Å². The monoisotopic (exact) mass is 485 g/mol. The minimum absolute atomic E-state index is 0.299. The number of hydrogen-bond donors (Lipinski definition) is 1. The summed E-state index contributed by atoms with van der Waals surface area (Å²) in [5.41, 5.74) is 1.27. The molecule has 0 atom stereocenters. The van der Waals surface area contributed by atoms with Crippen LogP contribution in [0.25, 0.3) is 0 Å². The number of nitrogens with zero attached hydrogens (tertiary/aromatic N) is 2. The third-order valence-electron chi connectivity index (χ3n) is 5.59. The minimum atomic E-state index is -0.299. The quantitative estimate of drug-likeness (QED) is 0.268. The van der Waals surface area contributed by atoms with Gasteiger partial charge in [0.05, 0.1) is 33.6 Å². The minimum Gasteiger partial charge on any atom is -0.494 e. The van der Waals surface area contributed by atoms with Gasteiger partial charge in [0.1, 0.15) is 5.75 Å². The maximum atomic E-state index is 12.8. The highest BCUT2D eigenvalue weighted by Gasteiger charge is 2.16. The standard InChI is InChI=1S/C27H39N3O5/c1-7-16-29(2)17-10-8-9-11-18-35-23-14-12-22(13-15-23)30(3)27(31)28-21-19-24(32-4)26(34-6)25(20-21)33-5/h7,12-15,19-20H,1,8-11,16-18H2,2-6H3,(H,28,31). The van der Waals surface area contributed by atoms with Crippen LogP contribution in [0.2, 0.25) is 0 Å². The summed E-state index contributed by atoms with van der Waals surface area (Å²) in [7, 11) is 8.41. The number of amides is 2. The zero-order valence-electron chi connectivity index (χ0n) is 21.6. The van der Waals surface area contributed by atoms with Crippen molar-refractivity contribution in [1.82, 2.24) is 4.90 Å². The van der Waals surface area contributed by atoms with Crippen molar-refractivity contribution in [2.75, 3.05) is 65.3 Å². The lowest BCUT2D eigenvalue weighted by Crippen LogP contribution is -2.31. The molecule has 0 heterocycles. The van der Waals surface area contributed by atoms with Gasteiger partial charge in [-0.05, 0) is 50.7 Å². The van der Waals surface area contributed by atoms with Crippen LogP contribution in [0, 0.1) is 0 Å². The smallest absolute Gasteiger partial charge is 0.326 e. The van der Waals surface area contributed by atoms with Gasteiger partial charge in [0.15, 0.2) is 11.5 Å². The number of hydrogen-bond acceptors (Lipinski definition) is 6. The fourth-order valence-electron chi connectivity index (χ4n) is 3.58. The van der Waals surface area contributed by atoms with Gasteiger partial charge in [0.2, 0.25) is 5.75 Å². The fraction of sp³-hybridized carbons (Fsp3) is 0.444. The molecule has 2 rings (SSSR count). The molecule has 8 heteroatoms. The summed E-state index contributed by atoms with van der Waals surface area (Å²) in [6.07, 6.45) is 6.46. The average molecular weight is 486 g/mol. The summed E-state index contributed by atoms with van der Waals surface area (Å²) in [4.78, 5) is 16.6. The summed E-state index contributed by atoms with van der Waals surface area (Å²) in [6.45, 7) is 6.47. The molecule has 8 nitrogen and oxygen atoms in total. The van der Waals surface area contributed by atoms with Crippen molar-refractivity contribution in [2.45, 2.75) is 25.7 Å². The van der Waals surface area contributed by atoms with E-state index in [1.165, 1.54) is 39.1 Å². The van der Waals surface area contributed by atoms with E-state index in [2.05, 4.69) is 23.8 Å². The van der Waals surface area contributed by atoms with E-state index < -0.39 is 0 Å². The number of urea groups is 1. The van der Waals surface area contributed by atoms with Crippen LogP contribution in [0.15, 0.2) is 49.1 Å². The molecule has 2 aromatic rings. The molecular weight excluding hydrogens is 446 g/mol. The number of ether oxygens (including phenoxy) is 4. The van der Waals surface area contributed by atoms with E-state index in [4.69, 9.17) is 18.9 Å². The van der Waals surface area contributed by atoms with Gasteiger partial charge in [-0.25, -0.2) is 4.79 Å². The van der Waals surface area contributed by atoms with Gasteiger partial charge >= 0.3 is 6.03 Å². The first kappa shape index (κ1) is 27.9. The van der Waals surface area contributed by atoms with Gasteiger partial charge < -0.3 is 29.2 Å². The zero-order valence-corrected chi connectivity index (χ0v) is 21.6. The molecule has 2 aromatic carbocycles. The van der Waals surface area contributed by atoms with E-state index in [1.54, 1.807) is 19.2 Å². The predicted octanol–water partition coefficient (Wildman–Crippen LogP) is 5.44. The number of carbonyl (C=O) groups excluding carboxylic acids is 1. The average Bonchev–Trinajstić information content (AvgIpc) is 2.87. The van der Waals surface area contributed by atoms with Crippen LogP contribution in [-0.2, 0) is 0 Å². The number of anilines is 2. The molecule has 0 saturated heterocycles. The van der Waals surface area contributed by atoms with Crippen molar-refractivity contribution in [3.05, 3.63) is 49.1 Å². The summed E-state index contributed by atoms with van der Waals surface area (Å²) in [5, 5.41) is 2.86. The molecule has 0 spiro atoms. The maximum absolute atomic E-state index is 12.8. The summed E-state index contributed by atoms with van der Waals surface area (Å²) >= 11 is 0. The number of methoxy groups -OCH3 is 3. The van der Waals surface area contributed by atoms with Crippen LogP contribution in [0.5, 0.6) is 23.0 Å². The molecule has 0 aliphatic carbocycles. The Morgan fingerprint density at radius 2 is 1.57 bits per heavy atom. The van der Waals surface area contributed by atoms with E-state index in [0.717, 1.165) is 37.4 Å². The van der Waals surface area contributed by atoms with Crippen molar-refractivity contribution < 1.29 is 23.7 Å². The number of carbonyl (C=O) groups is 1. The molecular formula is C27H39N3O5. The molecule has 192 valence electrons. The first-order valence-corrected chi connectivity index (χ1v) is 11.8. The molecule has 0 fully saturated rings. The Hall–Kier alpha value is -3.39. The predicted molar refractivity (Wildman–Crippen MR) is 142 cm³/mol. The second-order valence-corrected chi connectivity index (χ2v) is 8.21. The van der Waals surface area contributed by atoms with Crippen LogP contribution in [0.4, 0.5) is 16.2 Å². The zero-order chi connectivity index (χ0) is 25.6. The van der Waals surface area contributed by atoms with Crippen LogP contribution < -0.4 is 29.2 Å². The summed E-state index contributed by atoms with van der Waals surface area (Å²) < 4.78 is 21.9. The highest BCUT2D eigenvalue weighted by Crippen LogP contribution is 2.40. The Morgan fingerprint density at radius 1 is 0.943 bits per heavy atom. The number of benzene rings is 2. The van der Waals surface area contributed by atoms with Gasteiger partial charge in [-0.2, -0.15) is 0 Å². The first-order valence-electron chi connectivity index (χ1n) is 11.8. The number of rotatable bonds is 15. The third kappa shape index (κ3) is 8.72. The molecule has 0 unspecified atom stereocenters. The second-order valence-electron chi connectivity index (χ2n) is 8.21. The maximum Gasteiger partial charge on any atom is 0.326 e. The Balaban J connectivity index is 1.82. The Kier molecular flexibility index (Phi) is 11.8. The number of unbranched alkanes of at least 4 members (excludes halogenated alkanes) is 3. The molecule has 2 amide bonds. The van der Waals surface area contributed by atoms with E-state index >= 15 is 0 Å². The fourth-order valence-corrected chi connectivity index (χ4v) is 3.58. The molecule has 0 saturated carbocycles. The normalized spacial score (nSPS) is 10.6. The molecule has 1 N–H and O–H groups in total. The molecule has 0 bridgehead atoms. The highest BCUT2D eigenvalue weighted by molar-refractivity contribution is 6.01. The van der Waals surface area contributed by atoms with Crippen molar-refractivity contribution >= 4 is 17.4 Å². The molecule has 0 aromatic heterocycles. The van der Waals surface area contributed by atoms with Gasteiger partial charge in [-0.3, -0.25) is 4.90 Å². The van der Waals surface area contributed by atoms with Crippen LogP contribution in [-0.4, -0.2) is 66.1 Å². The van der Waals surface area contributed by atoms with Crippen LogP contribution >= 0.6 is 0 Å².